The number of nitrogens with zero attached hydrogens (tertiary/aromatic N) is 8. The highest BCUT2D eigenvalue weighted by Gasteiger charge is 2.23. The zero-order valence-corrected chi connectivity index (χ0v) is 67.6. The molecular weight excluding hydrogens is 1500 g/mol. The molecule has 0 unspecified atom stereocenters. The summed E-state index contributed by atoms with van der Waals surface area (Å²) in [6.45, 7) is 1.47. The minimum atomic E-state index is -0.323. The van der Waals surface area contributed by atoms with Crippen LogP contribution in [-0.4, -0.2) is 76.2 Å². The lowest BCUT2D eigenvalue weighted by Crippen LogP contribution is -2.10. The van der Waals surface area contributed by atoms with Gasteiger partial charge in [0.1, 0.15) is 12.4 Å². The number of anilines is 12. The van der Waals surface area contributed by atoms with Crippen LogP contribution in [0.15, 0.2) is 364 Å². The van der Waals surface area contributed by atoms with E-state index >= 15 is 0 Å². The van der Waals surface area contributed by atoms with E-state index in [0.29, 0.717) is 38.5 Å². The number of ether oxygens (including phenoxy) is 3. The Bertz CT molecular complexity index is 5970. The number of carbonyl (C=O) groups excluding carboxylic acids is 4. The molecule has 0 spiro atoms. The van der Waals surface area contributed by atoms with Gasteiger partial charge in [-0.25, -0.2) is 19.9 Å². The number of fused-ring (bicyclic) bond motifs is 2. The molecule has 2 aromatic heterocycles. The third-order valence-electron chi connectivity index (χ3n) is 21.0. The summed E-state index contributed by atoms with van der Waals surface area (Å²) in [6, 6.07) is 124. The van der Waals surface area contributed by atoms with E-state index in [1.807, 2.05) is 133 Å². The fourth-order valence-electron chi connectivity index (χ4n) is 14.7. The first-order valence-electron chi connectivity index (χ1n) is 40.5. The topological polar surface area (TPSA) is 181 Å². The molecule has 0 radical (unpaired) electrons. The van der Waals surface area contributed by atoms with E-state index in [0.717, 1.165) is 164 Å². The number of para-hydroxylation sites is 8. The molecule has 16 rings (SSSR count). The highest BCUT2D eigenvalue weighted by Crippen LogP contribution is 2.43. The maximum absolute atomic E-state index is 12.0. The van der Waals surface area contributed by atoms with Crippen molar-refractivity contribution in [1.29, 1.82) is 0 Å². The number of aromatic nitrogens is 4. The van der Waals surface area contributed by atoms with E-state index in [2.05, 4.69) is 250 Å². The number of aryl methyl sites for hydroxylation is 4. The first kappa shape index (κ1) is 81.2. The maximum Gasteiger partial charge on any atom is 0.306 e. The molecule has 121 heavy (non-hydrogen) atoms. The van der Waals surface area contributed by atoms with E-state index < -0.39 is 0 Å². The molecule has 16 nitrogen and oxygen atoms in total. The maximum atomic E-state index is 12.0. The van der Waals surface area contributed by atoms with Gasteiger partial charge in [0, 0.05) is 116 Å². The molecule has 16 aromatic rings. The van der Waals surface area contributed by atoms with Crippen LogP contribution in [-0.2, 0) is 59.1 Å². The Morgan fingerprint density at radius 1 is 0.256 bits per heavy atom. The van der Waals surface area contributed by atoms with Crippen LogP contribution in [0.3, 0.4) is 0 Å². The summed E-state index contributed by atoms with van der Waals surface area (Å²) in [7, 11) is 2.83. The quantitative estimate of drug-likeness (QED) is 0.0331. The highest BCUT2D eigenvalue weighted by atomic mass is 16.5. The van der Waals surface area contributed by atoms with Crippen LogP contribution < -0.4 is 19.6 Å². The second kappa shape index (κ2) is 39.3. The van der Waals surface area contributed by atoms with Crippen LogP contribution in [0.5, 0.6) is 0 Å². The largest absolute Gasteiger partial charge is 0.469 e. The molecule has 0 aliphatic heterocycles. The van der Waals surface area contributed by atoms with Crippen molar-refractivity contribution in [2.45, 2.75) is 58.3 Å². The van der Waals surface area contributed by atoms with Crippen LogP contribution in [0.4, 0.5) is 68.2 Å². The molecule has 0 bridgehead atoms. The lowest BCUT2D eigenvalue weighted by molar-refractivity contribution is -0.144. The van der Waals surface area contributed by atoms with Crippen molar-refractivity contribution in [2.75, 3.05) is 47.0 Å². The van der Waals surface area contributed by atoms with Crippen LogP contribution in [0.2, 0.25) is 0 Å². The number of benzene rings is 14. The Hall–Kier alpha value is -15.0. The predicted molar refractivity (Wildman–Crippen MR) is 486 cm³/mol. The molecule has 0 aliphatic carbocycles. The van der Waals surface area contributed by atoms with Crippen molar-refractivity contribution >= 4 is 114 Å². The summed E-state index contributed by atoms with van der Waals surface area (Å²) < 4.78 is 14.7. The van der Waals surface area contributed by atoms with Crippen LogP contribution >= 0.6 is 0 Å². The third-order valence-corrected chi connectivity index (χ3v) is 21.0. The molecule has 598 valence electrons. The van der Waals surface area contributed by atoms with Crippen molar-refractivity contribution in [1.82, 2.24) is 19.9 Å². The molecule has 14 aromatic carbocycles. The number of rotatable bonds is 30. The van der Waals surface area contributed by atoms with E-state index in [1.54, 1.807) is 6.92 Å². The smallest absolute Gasteiger partial charge is 0.306 e. The van der Waals surface area contributed by atoms with Crippen molar-refractivity contribution in [3.8, 4) is 45.0 Å². The standard InChI is InChI=1S/C53H46N4O4.C52H44N4O4/c1-38(59)16-17-39-18-27-45(28-19-39)56(43-10-4-2-5-11-43)47-31-23-41(24-32-47)52-53(55-50-15-9-8-14-49(50)54-52)42-25-33-48(34-26-42)57(44-12-6-3-7-13-44)46-29-20-40(21-30-46)22-35-51(60)61-37-36-58;1-59-49(57)35-21-37-17-27-43(28-18-37)55(41-11-5-3-6-12-41)45-31-23-39(24-32-45)51-52(54-48-16-10-9-15-47(48)53-51)40-25-33-46(34-26-40)56(42-13-7-4-8-14-42)44-29-19-38(20-30-44)22-36-50(58)60-2/h2-15,18-21,23-34,58H,16-17,22,35-37H2,1H3;3-20,23-34H,21-22,35-36H2,1-2H3. The fraction of sp³-hybridized carbons (Fsp3) is 0.124. The minimum Gasteiger partial charge on any atom is -0.469 e. The molecule has 16 heteroatoms. The molecule has 0 aliphatic rings. The Balaban J connectivity index is 0.000000188. The number of aliphatic hydroxyl groups is 1. The summed E-state index contributed by atoms with van der Waals surface area (Å²) in [6.07, 6.45) is 3.96. The van der Waals surface area contributed by atoms with Crippen LogP contribution in [0, 0.1) is 0 Å². The molecule has 0 saturated carbocycles. The van der Waals surface area contributed by atoms with Gasteiger partial charge in [-0.15, -0.1) is 0 Å². The summed E-state index contributed by atoms with van der Waals surface area (Å²) >= 11 is 0. The minimum absolute atomic E-state index is 0.0147. The summed E-state index contributed by atoms with van der Waals surface area (Å²) in [4.78, 5) is 76.8. The second-order valence-electron chi connectivity index (χ2n) is 29.2. The first-order chi connectivity index (χ1) is 59.4. The number of hydrogen-bond donors (Lipinski definition) is 1. The number of ketones is 1. The average Bonchev–Trinajstić information content (AvgIpc) is 0.771. The third kappa shape index (κ3) is 20.2. The molecule has 0 atom stereocenters. The normalized spacial score (nSPS) is 10.9. The SMILES string of the molecule is CC(=O)CCc1ccc(N(c2ccccc2)c2ccc(-c3nc4ccccc4nc3-c3ccc(N(c4ccccc4)c4ccc(CCC(=O)OCCO)cc4)cc3)cc2)cc1.COC(=O)CCc1ccc(N(c2ccccc2)c2ccc(-c3nc4ccccc4nc3-c3ccc(N(c4ccccc4)c4ccc(CCC(=O)OC)cc4)cc3)cc2)cc1. The van der Waals surface area contributed by atoms with Gasteiger partial charge in [0.15, 0.2) is 0 Å². The van der Waals surface area contributed by atoms with Gasteiger partial charge >= 0.3 is 17.9 Å². The van der Waals surface area contributed by atoms with Gasteiger partial charge in [0.2, 0.25) is 0 Å². The molecule has 0 saturated heterocycles. The Morgan fingerprint density at radius 3 is 0.669 bits per heavy atom. The Morgan fingerprint density at radius 2 is 0.455 bits per heavy atom. The van der Waals surface area contributed by atoms with Crippen LogP contribution in [0.1, 0.15) is 54.9 Å². The summed E-state index contributed by atoms with van der Waals surface area (Å²) in [5, 5.41) is 8.96. The second-order valence-corrected chi connectivity index (χ2v) is 29.2. The monoisotopic (exact) mass is 1590 g/mol. The number of carbonyl (C=O) groups is 4. The first-order valence-corrected chi connectivity index (χ1v) is 40.5. The summed E-state index contributed by atoms with van der Waals surface area (Å²) in [5.74, 6) is -0.570. The number of aliphatic hydroxyl groups excluding tert-OH is 1. The van der Waals surface area contributed by atoms with E-state index in [1.165, 1.54) is 14.2 Å². The van der Waals surface area contributed by atoms with Gasteiger partial charge in [-0.3, -0.25) is 14.4 Å². The van der Waals surface area contributed by atoms with E-state index in [4.69, 9.17) is 39.3 Å². The highest BCUT2D eigenvalue weighted by molar-refractivity contribution is 5.91. The number of methoxy groups -OCH3 is 2. The number of hydrogen-bond acceptors (Lipinski definition) is 16. The Labute approximate surface area is 704 Å². The van der Waals surface area contributed by atoms with Gasteiger partial charge < -0.3 is 43.7 Å². The van der Waals surface area contributed by atoms with Gasteiger partial charge in [0.25, 0.3) is 0 Å². The lowest BCUT2D eigenvalue weighted by Gasteiger charge is -2.26. The molecule has 0 fully saturated rings. The lowest BCUT2D eigenvalue weighted by atomic mass is 10.0. The van der Waals surface area contributed by atoms with Crippen molar-refractivity contribution < 1.29 is 38.5 Å². The van der Waals surface area contributed by atoms with Gasteiger partial charge in [-0.2, -0.15) is 0 Å². The molecule has 2 heterocycles. The van der Waals surface area contributed by atoms with Crippen molar-refractivity contribution in [3.05, 3.63) is 386 Å². The van der Waals surface area contributed by atoms with E-state index in [9.17, 15) is 19.2 Å². The number of Topliss-reactive ketones (excluding diaryl/α,β-unsaturated/α-hetero) is 1. The zero-order valence-electron chi connectivity index (χ0n) is 67.6. The molecule has 1 N–H and O–H groups in total. The van der Waals surface area contributed by atoms with Crippen molar-refractivity contribution in [3.63, 3.8) is 0 Å². The predicted octanol–water partition coefficient (Wildman–Crippen LogP) is 24.0. The van der Waals surface area contributed by atoms with Gasteiger partial charge in [-0.1, -0.05) is 194 Å². The zero-order chi connectivity index (χ0) is 83.2. The average molecular weight is 1590 g/mol. The fourth-order valence-corrected chi connectivity index (χ4v) is 14.7. The van der Waals surface area contributed by atoms with E-state index in [-0.39, 0.29) is 43.3 Å². The van der Waals surface area contributed by atoms with Crippen molar-refractivity contribution in [2.24, 2.45) is 0 Å². The van der Waals surface area contributed by atoms with Gasteiger partial charge in [0.05, 0.1) is 65.7 Å². The molecule has 0 amide bonds. The molecular formula is C105H90N8O8. The summed E-state index contributed by atoms with van der Waals surface area (Å²) in [5.41, 5.74) is 26.5. The van der Waals surface area contributed by atoms with Crippen LogP contribution in [0.25, 0.3) is 67.1 Å². The Kier molecular flexibility index (Phi) is 26.4. The van der Waals surface area contributed by atoms with Gasteiger partial charge in [-0.05, 0) is 225 Å². The number of esters is 3.